The summed E-state index contributed by atoms with van der Waals surface area (Å²) >= 11 is 0. The summed E-state index contributed by atoms with van der Waals surface area (Å²) in [5.41, 5.74) is 2.24. The minimum atomic E-state index is -0.912. The number of esters is 1. The monoisotopic (exact) mass is 488 g/mol. The number of ether oxygens (including phenoxy) is 2. The lowest BCUT2D eigenvalue weighted by Gasteiger charge is -2.23. The van der Waals surface area contributed by atoms with E-state index in [4.69, 9.17) is 14.5 Å². The molecular formula is C28H32N4O4. The van der Waals surface area contributed by atoms with Gasteiger partial charge in [0.2, 0.25) is 5.82 Å². The molecule has 1 aromatic heterocycles. The van der Waals surface area contributed by atoms with Crippen LogP contribution in [0.3, 0.4) is 0 Å². The normalized spacial score (nSPS) is 16.7. The molecule has 0 bridgehead atoms. The van der Waals surface area contributed by atoms with Crippen LogP contribution in [0.25, 0.3) is 0 Å². The van der Waals surface area contributed by atoms with Crippen molar-refractivity contribution < 1.29 is 14.3 Å². The SMILES string of the molecule is CC(C)(C)OC(=O)[C@H](Cc1cn(C2CCCCO2)nc1N=O)N=C(c1ccccc1)c1ccccc1. The highest BCUT2D eigenvalue weighted by Crippen LogP contribution is 2.28. The molecule has 8 heteroatoms. The maximum absolute atomic E-state index is 13.4. The summed E-state index contributed by atoms with van der Waals surface area (Å²) in [6, 6.07) is 18.5. The molecule has 0 N–H and O–H groups in total. The van der Waals surface area contributed by atoms with E-state index in [9.17, 15) is 9.70 Å². The Morgan fingerprint density at radius 2 is 1.72 bits per heavy atom. The summed E-state index contributed by atoms with van der Waals surface area (Å²) in [4.78, 5) is 30.0. The van der Waals surface area contributed by atoms with E-state index in [2.05, 4.69) is 10.3 Å². The van der Waals surface area contributed by atoms with Crippen LogP contribution < -0.4 is 0 Å². The van der Waals surface area contributed by atoms with E-state index < -0.39 is 17.6 Å². The van der Waals surface area contributed by atoms with E-state index >= 15 is 0 Å². The third-order valence-corrected chi connectivity index (χ3v) is 5.79. The van der Waals surface area contributed by atoms with Crippen molar-refractivity contribution in [3.8, 4) is 0 Å². The van der Waals surface area contributed by atoms with Gasteiger partial charge in [0.1, 0.15) is 11.8 Å². The van der Waals surface area contributed by atoms with Crippen molar-refractivity contribution in [1.29, 1.82) is 0 Å². The number of nitrogens with zero attached hydrogens (tertiary/aromatic N) is 4. The second-order valence-electron chi connectivity index (χ2n) is 9.83. The first kappa shape index (κ1) is 25.4. The molecule has 0 aliphatic carbocycles. The zero-order chi connectivity index (χ0) is 25.5. The van der Waals surface area contributed by atoms with E-state index in [-0.39, 0.29) is 18.5 Å². The van der Waals surface area contributed by atoms with Gasteiger partial charge in [0.25, 0.3) is 0 Å². The molecule has 8 nitrogen and oxygen atoms in total. The minimum absolute atomic E-state index is 0.0360. The zero-order valence-corrected chi connectivity index (χ0v) is 21.0. The van der Waals surface area contributed by atoms with Crippen LogP contribution in [0, 0.1) is 4.91 Å². The molecule has 1 fully saturated rings. The molecule has 4 rings (SSSR count). The van der Waals surface area contributed by atoms with Crippen molar-refractivity contribution in [3.05, 3.63) is 88.5 Å². The molecule has 2 aromatic carbocycles. The Morgan fingerprint density at radius 3 is 2.25 bits per heavy atom. The van der Waals surface area contributed by atoms with Gasteiger partial charge in [-0.2, -0.15) is 0 Å². The van der Waals surface area contributed by atoms with Crippen molar-refractivity contribution in [2.24, 2.45) is 10.2 Å². The van der Waals surface area contributed by atoms with Gasteiger partial charge in [-0.1, -0.05) is 60.7 Å². The Bertz CT molecular complexity index is 1150. The average Bonchev–Trinajstić information content (AvgIpc) is 3.30. The third kappa shape index (κ3) is 6.51. The molecule has 1 saturated heterocycles. The quantitative estimate of drug-likeness (QED) is 0.228. The van der Waals surface area contributed by atoms with Crippen LogP contribution in [0.4, 0.5) is 5.82 Å². The Labute approximate surface area is 211 Å². The first-order valence-corrected chi connectivity index (χ1v) is 12.3. The van der Waals surface area contributed by atoms with Crippen LogP contribution in [-0.4, -0.2) is 39.7 Å². The summed E-state index contributed by atoms with van der Waals surface area (Å²) in [7, 11) is 0. The van der Waals surface area contributed by atoms with E-state index in [1.54, 1.807) is 10.9 Å². The number of aromatic nitrogens is 2. The summed E-state index contributed by atoms with van der Waals surface area (Å²) in [6.45, 7) is 6.10. The van der Waals surface area contributed by atoms with Gasteiger partial charge in [-0.25, -0.2) is 9.48 Å². The number of hydrogen-bond acceptors (Lipinski definition) is 7. The summed E-state index contributed by atoms with van der Waals surface area (Å²) in [6.07, 6.45) is 4.43. The Kier molecular flexibility index (Phi) is 8.05. The number of hydrogen-bond donors (Lipinski definition) is 0. The number of nitroso groups, excluding NO2 is 1. The summed E-state index contributed by atoms with van der Waals surface area (Å²) < 4.78 is 13.2. The highest BCUT2D eigenvalue weighted by molar-refractivity contribution is 6.13. The van der Waals surface area contributed by atoms with Crippen LogP contribution in [-0.2, 0) is 20.7 Å². The summed E-state index contributed by atoms with van der Waals surface area (Å²) in [5.74, 6) is -0.445. The molecule has 188 valence electrons. The predicted octanol–water partition coefficient (Wildman–Crippen LogP) is 5.77. The highest BCUT2D eigenvalue weighted by atomic mass is 16.6. The zero-order valence-electron chi connectivity index (χ0n) is 21.0. The molecule has 0 saturated carbocycles. The van der Waals surface area contributed by atoms with Gasteiger partial charge in [0.05, 0.1) is 5.71 Å². The molecule has 0 spiro atoms. The van der Waals surface area contributed by atoms with Gasteiger partial charge in [-0.05, 0) is 45.2 Å². The van der Waals surface area contributed by atoms with E-state index in [0.717, 1.165) is 30.4 Å². The van der Waals surface area contributed by atoms with Crippen LogP contribution >= 0.6 is 0 Å². The number of aliphatic imine (C=N–C) groups is 1. The number of carbonyl (C=O) groups excluding carboxylic acids is 1. The molecule has 0 radical (unpaired) electrons. The second kappa shape index (κ2) is 11.4. The van der Waals surface area contributed by atoms with E-state index in [0.29, 0.717) is 17.9 Å². The smallest absolute Gasteiger partial charge is 0.331 e. The molecule has 1 aliphatic heterocycles. The van der Waals surface area contributed by atoms with E-state index in [1.807, 2.05) is 81.4 Å². The first-order chi connectivity index (χ1) is 17.3. The Morgan fingerprint density at radius 1 is 1.08 bits per heavy atom. The minimum Gasteiger partial charge on any atom is -0.458 e. The standard InChI is InChI=1S/C28H32N4O4/c1-28(2,3)36-27(33)23(18-22-19-32(30-26(22)31-34)24-16-10-11-17-35-24)29-25(20-12-6-4-7-13-20)21-14-8-5-9-15-21/h4-9,12-15,19,23-24H,10-11,16-18H2,1-3H3/t23-,24?/m0/s1. The van der Waals surface area contributed by atoms with Gasteiger partial charge >= 0.3 is 5.97 Å². The van der Waals surface area contributed by atoms with Crippen LogP contribution in [0.15, 0.2) is 77.0 Å². The van der Waals surface area contributed by atoms with Gasteiger partial charge in [0, 0.05) is 35.9 Å². The molecular weight excluding hydrogens is 456 g/mol. The van der Waals surface area contributed by atoms with Gasteiger partial charge in [0.15, 0.2) is 6.04 Å². The molecule has 1 unspecified atom stereocenters. The van der Waals surface area contributed by atoms with Gasteiger partial charge < -0.3 is 9.47 Å². The molecule has 1 aliphatic rings. The molecule has 3 aromatic rings. The van der Waals surface area contributed by atoms with Crippen molar-refractivity contribution in [1.82, 2.24) is 9.78 Å². The van der Waals surface area contributed by atoms with Crippen molar-refractivity contribution in [2.45, 2.75) is 64.3 Å². The fraction of sp³-hybridized carbons (Fsp3) is 0.393. The molecule has 2 atom stereocenters. The lowest BCUT2D eigenvalue weighted by atomic mass is 10.0. The fourth-order valence-corrected chi connectivity index (χ4v) is 4.14. The van der Waals surface area contributed by atoms with Crippen molar-refractivity contribution in [3.63, 3.8) is 0 Å². The first-order valence-electron chi connectivity index (χ1n) is 12.3. The van der Waals surface area contributed by atoms with Crippen LogP contribution in [0.2, 0.25) is 0 Å². The largest absolute Gasteiger partial charge is 0.458 e. The maximum Gasteiger partial charge on any atom is 0.331 e. The lowest BCUT2D eigenvalue weighted by Crippen LogP contribution is -2.33. The average molecular weight is 489 g/mol. The molecule has 2 heterocycles. The van der Waals surface area contributed by atoms with Crippen LogP contribution in [0.5, 0.6) is 0 Å². The van der Waals surface area contributed by atoms with Crippen molar-refractivity contribution in [2.75, 3.05) is 6.61 Å². The topological polar surface area (TPSA) is 95.1 Å². The van der Waals surface area contributed by atoms with E-state index in [1.165, 1.54) is 0 Å². The second-order valence-corrected chi connectivity index (χ2v) is 9.83. The molecule has 0 amide bonds. The lowest BCUT2D eigenvalue weighted by molar-refractivity contribution is -0.156. The number of rotatable bonds is 8. The number of benzene rings is 2. The predicted molar refractivity (Wildman–Crippen MR) is 138 cm³/mol. The van der Waals surface area contributed by atoms with Gasteiger partial charge in [-0.15, -0.1) is 10.0 Å². The van der Waals surface area contributed by atoms with Gasteiger partial charge in [-0.3, -0.25) is 4.99 Å². The number of carbonyl (C=O) groups is 1. The highest BCUT2D eigenvalue weighted by Gasteiger charge is 2.29. The maximum atomic E-state index is 13.4. The Balaban J connectivity index is 1.75. The fourth-order valence-electron chi connectivity index (χ4n) is 4.14. The Hall–Kier alpha value is -3.65. The van der Waals surface area contributed by atoms with Crippen LogP contribution in [0.1, 0.15) is 63.0 Å². The third-order valence-electron chi connectivity index (χ3n) is 5.79. The van der Waals surface area contributed by atoms with Crippen molar-refractivity contribution >= 4 is 17.5 Å². The molecule has 36 heavy (non-hydrogen) atoms. The summed E-state index contributed by atoms with van der Waals surface area (Å²) in [5, 5.41) is 7.48.